The lowest BCUT2D eigenvalue weighted by Crippen LogP contribution is -2.52. The van der Waals surface area contributed by atoms with Crippen LogP contribution >= 0.6 is 0 Å². The largest absolute Gasteiger partial charge is 0.633 e. The molecule has 0 atom stereocenters. The molecule has 0 aromatic heterocycles. The van der Waals surface area contributed by atoms with Crippen molar-refractivity contribution in [3.63, 3.8) is 0 Å². The zero-order chi connectivity index (χ0) is 6.91. The first-order valence-corrected chi connectivity index (χ1v) is 3.09. The Bertz CT molecular complexity index is 95.1. The minimum absolute atomic E-state index is 0.211. The highest BCUT2D eigenvalue weighted by Crippen LogP contribution is 2.04. The van der Waals surface area contributed by atoms with E-state index >= 15 is 0 Å². The Hall–Kier alpha value is -0.160. The van der Waals surface area contributed by atoms with Gasteiger partial charge in [0, 0.05) is 0 Å². The van der Waals surface area contributed by atoms with Crippen LogP contribution in [0.4, 0.5) is 0 Å². The summed E-state index contributed by atoms with van der Waals surface area (Å²) in [6.07, 6.45) is 0. The van der Waals surface area contributed by atoms with Crippen LogP contribution in [0.5, 0.6) is 0 Å². The van der Waals surface area contributed by atoms with Crippen molar-refractivity contribution in [2.45, 2.75) is 0 Å². The summed E-state index contributed by atoms with van der Waals surface area (Å²) in [5.41, 5.74) is 0. The Morgan fingerprint density at radius 1 is 1.44 bits per heavy atom. The zero-order valence-corrected chi connectivity index (χ0v) is 5.58. The fourth-order valence-electron chi connectivity index (χ4n) is 0.878. The number of rotatable bonds is 0. The molecule has 0 radical (unpaired) electrons. The summed E-state index contributed by atoms with van der Waals surface area (Å²) in [6, 6.07) is 0. The topological polar surface area (TPSA) is 46.5 Å². The summed E-state index contributed by atoms with van der Waals surface area (Å²) < 4.78 is -0.211. The summed E-state index contributed by atoms with van der Waals surface area (Å²) in [7, 11) is 1.63. The second-order valence-electron chi connectivity index (χ2n) is 2.70. The van der Waals surface area contributed by atoms with Crippen molar-refractivity contribution < 1.29 is 9.85 Å². The van der Waals surface area contributed by atoms with Crippen molar-refractivity contribution in [3.05, 3.63) is 5.21 Å². The van der Waals surface area contributed by atoms with Crippen molar-refractivity contribution in [2.75, 3.05) is 33.2 Å². The summed E-state index contributed by atoms with van der Waals surface area (Å²) >= 11 is 0. The minimum atomic E-state index is -0.211. The van der Waals surface area contributed by atoms with Gasteiger partial charge in [0.25, 0.3) is 0 Å². The molecule has 4 nitrogen and oxygen atoms in total. The van der Waals surface area contributed by atoms with Gasteiger partial charge < -0.3 is 15.1 Å². The quantitative estimate of drug-likeness (QED) is 0.361. The Balaban J connectivity index is 2.35. The van der Waals surface area contributed by atoms with E-state index in [0.717, 1.165) is 0 Å². The molecule has 1 N–H and O–H groups in total. The molecule has 1 fully saturated rings. The smallest absolute Gasteiger partial charge is 0.0935 e. The van der Waals surface area contributed by atoms with Crippen LogP contribution in [0.2, 0.25) is 0 Å². The molecule has 0 aromatic rings. The van der Waals surface area contributed by atoms with E-state index in [-0.39, 0.29) is 4.65 Å². The van der Waals surface area contributed by atoms with Gasteiger partial charge in [0.05, 0.1) is 33.2 Å². The van der Waals surface area contributed by atoms with Gasteiger partial charge in [-0.1, -0.05) is 0 Å². The van der Waals surface area contributed by atoms with Gasteiger partial charge in [0.2, 0.25) is 0 Å². The maximum Gasteiger partial charge on any atom is 0.0935 e. The maximum atomic E-state index is 11.1. The van der Waals surface area contributed by atoms with Gasteiger partial charge >= 0.3 is 0 Å². The van der Waals surface area contributed by atoms with E-state index in [2.05, 4.69) is 0 Å². The van der Waals surface area contributed by atoms with Crippen LogP contribution in [0.3, 0.4) is 0 Å². The van der Waals surface area contributed by atoms with E-state index in [9.17, 15) is 5.21 Å². The fraction of sp³-hybridized carbons (Fsp3) is 1.00. The summed E-state index contributed by atoms with van der Waals surface area (Å²) in [6.45, 7) is 1.99. The summed E-state index contributed by atoms with van der Waals surface area (Å²) in [5.74, 6) is 0. The molecule has 54 valence electrons. The first-order chi connectivity index (χ1) is 4.10. The standard InChI is InChI=1S/C5H12N2O2/c1-7(9)4-2-6(8)3-5-7/h8H,2-5H2,1H3. The third kappa shape index (κ3) is 1.91. The molecular weight excluding hydrogens is 120 g/mol. The highest BCUT2D eigenvalue weighted by molar-refractivity contribution is 4.53. The normalized spacial score (nSPS) is 28.3. The van der Waals surface area contributed by atoms with Crippen LogP contribution in [0.15, 0.2) is 0 Å². The molecule has 1 rings (SSSR count). The first-order valence-electron chi connectivity index (χ1n) is 3.09. The molecule has 1 heterocycles. The molecule has 0 aromatic carbocycles. The molecular formula is C5H12N2O2. The number of hydroxylamine groups is 5. The summed E-state index contributed by atoms with van der Waals surface area (Å²) in [5, 5.41) is 21.1. The maximum absolute atomic E-state index is 11.1. The number of piperazine rings is 1. The Kier molecular flexibility index (Phi) is 1.72. The predicted octanol–water partition coefficient (Wildman–Crippen LogP) is -0.364. The van der Waals surface area contributed by atoms with Crippen LogP contribution in [0, 0.1) is 5.21 Å². The molecule has 0 saturated carbocycles. The molecule has 0 spiro atoms. The van der Waals surface area contributed by atoms with Gasteiger partial charge in [-0.05, 0) is 0 Å². The van der Waals surface area contributed by atoms with E-state index in [4.69, 9.17) is 5.21 Å². The SMILES string of the molecule is C[N+]1([O-])CCN(O)CC1. The van der Waals surface area contributed by atoms with E-state index in [1.165, 1.54) is 5.06 Å². The third-order valence-corrected chi connectivity index (χ3v) is 1.66. The Morgan fingerprint density at radius 2 is 1.89 bits per heavy atom. The number of hydrogen-bond donors (Lipinski definition) is 1. The monoisotopic (exact) mass is 132 g/mol. The molecule has 4 heteroatoms. The third-order valence-electron chi connectivity index (χ3n) is 1.66. The van der Waals surface area contributed by atoms with Gasteiger partial charge in [-0.15, -0.1) is 0 Å². The van der Waals surface area contributed by atoms with Crippen molar-refractivity contribution in [1.29, 1.82) is 0 Å². The predicted molar refractivity (Wildman–Crippen MR) is 32.6 cm³/mol. The number of likely N-dealkylation sites (N-methyl/N-ethyl adjacent to an activating group) is 1. The molecule has 1 aliphatic heterocycles. The van der Waals surface area contributed by atoms with Crippen LogP contribution in [0.1, 0.15) is 0 Å². The molecule has 0 amide bonds. The van der Waals surface area contributed by atoms with E-state index in [1.807, 2.05) is 0 Å². The van der Waals surface area contributed by atoms with Gasteiger partial charge in [0.1, 0.15) is 0 Å². The number of quaternary nitrogens is 1. The molecule has 1 aliphatic rings. The van der Waals surface area contributed by atoms with Crippen LogP contribution in [0.25, 0.3) is 0 Å². The van der Waals surface area contributed by atoms with Crippen LogP contribution < -0.4 is 0 Å². The van der Waals surface area contributed by atoms with E-state index in [1.54, 1.807) is 7.05 Å². The molecule has 9 heavy (non-hydrogen) atoms. The highest BCUT2D eigenvalue weighted by atomic mass is 16.6. The van der Waals surface area contributed by atoms with Crippen molar-refractivity contribution in [1.82, 2.24) is 5.06 Å². The lowest BCUT2D eigenvalue weighted by molar-refractivity contribution is -0.867. The van der Waals surface area contributed by atoms with Gasteiger partial charge in [-0.25, -0.2) is 0 Å². The fourth-order valence-corrected chi connectivity index (χ4v) is 0.878. The van der Waals surface area contributed by atoms with Crippen molar-refractivity contribution in [2.24, 2.45) is 0 Å². The van der Waals surface area contributed by atoms with E-state index in [0.29, 0.717) is 26.2 Å². The summed E-state index contributed by atoms with van der Waals surface area (Å²) in [4.78, 5) is 0. The number of hydrogen-bond acceptors (Lipinski definition) is 3. The lowest BCUT2D eigenvalue weighted by atomic mass is 10.4. The minimum Gasteiger partial charge on any atom is -0.633 e. The molecule has 0 bridgehead atoms. The Morgan fingerprint density at radius 3 is 2.22 bits per heavy atom. The number of nitrogens with zero attached hydrogens (tertiary/aromatic N) is 2. The van der Waals surface area contributed by atoms with Crippen LogP contribution in [-0.4, -0.2) is 48.1 Å². The molecule has 0 aliphatic carbocycles. The first kappa shape index (κ1) is 6.95. The highest BCUT2D eigenvalue weighted by Gasteiger charge is 2.19. The molecule has 1 saturated heterocycles. The Labute approximate surface area is 54.4 Å². The average Bonchev–Trinajstić information content (AvgIpc) is 1.78. The van der Waals surface area contributed by atoms with Crippen molar-refractivity contribution >= 4 is 0 Å². The van der Waals surface area contributed by atoms with Gasteiger partial charge in [-0.2, -0.15) is 5.06 Å². The van der Waals surface area contributed by atoms with Gasteiger partial charge in [-0.3, -0.25) is 0 Å². The zero-order valence-electron chi connectivity index (χ0n) is 5.58. The molecule has 0 unspecified atom stereocenters. The second-order valence-corrected chi connectivity index (χ2v) is 2.70. The lowest BCUT2D eigenvalue weighted by Gasteiger charge is -2.43. The van der Waals surface area contributed by atoms with Crippen molar-refractivity contribution in [3.8, 4) is 0 Å². The van der Waals surface area contributed by atoms with Gasteiger partial charge in [0.15, 0.2) is 0 Å². The van der Waals surface area contributed by atoms with Crippen LogP contribution in [-0.2, 0) is 0 Å². The average molecular weight is 132 g/mol. The second kappa shape index (κ2) is 2.22. The van der Waals surface area contributed by atoms with E-state index < -0.39 is 0 Å².